The number of nitrogens with two attached hydrogens (primary N) is 1. The maximum absolute atomic E-state index is 6.10. The van der Waals surface area contributed by atoms with Crippen LogP contribution in [0.4, 0.5) is 5.69 Å². The van der Waals surface area contributed by atoms with Gasteiger partial charge in [-0.1, -0.05) is 11.6 Å². The first-order chi connectivity index (χ1) is 9.56. The highest BCUT2D eigenvalue weighted by Crippen LogP contribution is 2.25. The van der Waals surface area contributed by atoms with E-state index < -0.39 is 0 Å². The minimum atomic E-state index is 0.113. The van der Waals surface area contributed by atoms with E-state index >= 15 is 0 Å². The fraction of sp³-hybridized carbons (Fsp3) is 0.312. The van der Waals surface area contributed by atoms with Crippen molar-refractivity contribution in [2.45, 2.75) is 25.9 Å². The Morgan fingerprint density at radius 2 is 1.95 bits per heavy atom. The van der Waals surface area contributed by atoms with Gasteiger partial charge in [0.2, 0.25) is 0 Å². The van der Waals surface area contributed by atoms with Crippen LogP contribution in [-0.4, -0.2) is 18.1 Å². The topological polar surface area (TPSA) is 42.1 Å². The molecule has 0 saturated heterocycles. The van der Waals surface area contributed by atoms with Crippen molar-refractivity contribution in [1.82, 2.24) is 4.98 Å². The lowest BCUT2D eigenvalue weighted by Crippen LogP contribution is -2.22. The van der Waals surface area contributed by atoms with E-state index in [9.17, 15) is 0 Å². The van der Waals surface area contributed by atoms with E-state index in [1.54, 1.807) is 0 Å². The van der Waals surface area contributed by atoms with Gasteiger partial charge in [0.25, 0.3) is 0 Å². The molecule has 1 aromatic carbocycles. The summed E-state index contributed by atoms with van der Waals surface area (Å²) in [4.78, 5) is 6.25. The molecule has 2 rings (SSSR count). The number of nitrogens with zero attached hydrogens (tertiary/aromatic N) is 2. The van der Waals surface area contributed by atoms with Crippen molar-refractivity contribution in [2.75, 3.05) is 11.9 Å². The van der Waals surface area contributed by atoms with Gasteiger partial charge in [0.1, 0.15) is 0 Å². The molecule has 106 valence electrons. The summed E-state index contributed by atoms with van der Waals surface area (Å²) in [7, 11) is 2.08. The predicted octanol–water partition coefficient (Wildman–Crippen LogP) is 3.26. The average Bonchev–Trinajstić information content (AvgIpc) is 2.39. The smallest absolute Gasteiger partial charge is 0.0427 e. The highest BCUT2D eigenvalue weighted by molar-refractivity contribution is 6.30. The average molecular weight is 290 g/mol. The number of rotatable bonds is 5. The van der Waals surface area contributed by atoms with Gasteiger partial charge in [0.05, 0.1) is 0 Å². The van der Waals surface area contributed by atoms with Crippen molar-refractivity contribution >= 4 is 17.3 Å². The Morgan fingerprint density at radius 1 is 1.25 bits per heavy atom. The number of hydrogen-bond acceptors (Lipinski definition) is 3. The number of aromatic nitrogens is 1. The second-order valence-corrected chi connectivity index (χ2v) is 5.60. The molecule has 0 amide bonds. The molecule has 0 aliphatic carbocycles. The molecule has 0 fully saturated rings. The molecular weight excluding hydrogens is 270 g/mol. The largest absolute Gasteiger partial charge is 0.370 e. The summed E-state index contributed by atoms with van der Waals surface area (Å²) in [5.41, 5.74) is 9.51. The molecule has 3 nitrogen and oxygen atoms in total. The lowest BCUT2D eigenvalue weighted by molar-refractivity contribution is 0.734. The standard InChI is InChI=1S/C16H20ClN3/c1-12(18)9-14-10-15(17)3-4-16(14)20(2)11-13-5-7-19-8-6-13/h3-8,10,12H,9,11,18H2,1-2H3. The van der Waals surface area contributed by atoms with Crippen LogP contribution >= 0.6 is 11.6 Å². The maximum Gasteiger partial charge on any atom is 0.0427 e. The molecule has 1 heterocycles. The Morgan fingerprint density at radius 3 is 2.60 bits per heavy atom. The van der Waals surface area contributed by atoms with Gasteiger partial charge in [-0.3, -0.25) is 4.98 Å². The zero-order valence-corrected chi connectivity index (χ0v) is 12.6. The van der Waals surface area contributed by atoms with Crippen LogP contribution in [0.1, 0.15) is 18.1 Å². The zero-order valence-electron chi connectivity index (χ0n) is 11.9. The van der Waals surface area contributed by atoms with Crippen LogP contribution in [0, 0.1) is 0 Å². The number of anilines is 1. The van der Waals surface area contributed by atoms with Crippen LogP contribution < -0.4 is 10.6 Å². The number of benzene rings is 1. The summed E-state index contributed by atoms with van der Waals surface area (Å²) in [5.74, 6) is 0. The lowest BCUT2D eigenvalue weighted by atomic mass is 10.0. The van der Waals surface area contributed by atoms with Gasteiger partial charge >= 0.3 is 0 Å². The van der Waals surface area contributed by atoms with Crippen LogP contribution in [0.15, 0.2) is 42.7 Å². The van der Waals surface area contributed by atoms with Crippen molar-refractivity contribution in [3.63, 3.8) is 0 Å². The molecule has 1 aromatic heterocycles. The van der Waals surface area contributed by atoms with Gasteiger partial charge in [-0.2, -0.15) is 0 Å². The molecule has 0 aliphatic heterocycles. The fourth-order valence-corrected chi connectivity index (χ4v) is 2.48. The van der Waals surface area contributed by atoms with Gasteiger partial charge in [0, 0.05) is 42.7 Å². The summed E-state index contributed by atoms with van der Waals surface area (Å²) in [6.45, 7) is 2.84. The van der Waals surface area contributed by atoms with Gasteiger partial charge in [0.15, 0.2) is 0 Å². The van der Waals surface area contributed by atoms with E-state index in [4.69, 9.17) is 17.3 Å². The normalized spacial score (nSPS) is 12.2. The number of halogens is 1. The van der Waals surface area contributed by atoms with E-state index in [1.165, 1.54) is 16.8 Å². The minimum Gasteiger partial charge on any atom is -0.370 e. The summed E-state index contributed by atoms with van der Waals surface area (Å²) in [6.07, 6.45) is 4.44. The molecule has 1 atom stereocenters. The SMILES string of the molecule is CC(N)Cc1cc(Cl)ccc1N(C)Cc1ccncc1. The lowest BCUT2D eigenvalue weighted by Gasteiger charge is -2.23. The quantitative estimate of drug-likeness (QED) is 0.919. The minimum absolute atomic E-state index is 0.113. The van der Waals surface area contributed by atoms with E-state index in [2.05, 4.69) is 23.0 Å². The third-order valence-electron chi connectivity index (χ3n) is 3.16. The van der Waals surface area contributed by atoms with Crippen LogP contribution in [0.3, 0.4) is 0 Å². The van der Waals surface area contributed by atoms with Crippen LogP contribution in [-0.2, 0) is 13.0 Å². The molecule has 0 aliphatic rings. The summed E-state index contributed by atoms with van der Waals surface area (Å²) in [6, 6.07) is 10.1. The molecule has 2 N–H and O–H groups in total. The second kappa shape index (κ2) is 6.73. The molecule has 0 saturated carbocycles. The maximum atomic E-state index is 6.10. The third-order valence-corrected chi connectivity index (χ3v) is 3.40. The Hall–Kier alpha value is -1.58. The summed E-state index contributed by atoms with van der Waals surface area (Å²) < 4.78 is 0. The first kappa shape index (κ1) is 14.8. The van der Waals surface area contributed by atoms with E-state index in [0.717, 1.165) is 18.0 Å². The molecule has 0 bridgehead atoms. The Kier molecular flexibility index (Phi) is 4.99. The van der Waals surface area contributed by atoms with E-state index in [-0.39, 0.29) is 6.04 Å². The molecule has 2 aromatic rings. The Labute approximate surface area is 125 Å². The van der Waals surface area contributed by atoms with E-state index in [1.807, 2.05) is 43.6 Å². The molecule has 0 spiro atoms. The monoisotopic (exact) mass is 289 g/mol. The highest BCUT2D eigenvalue weighted by Gasteiger charge is 2.10. The second-order valence-electron chi connectivity index (χ2n) is 5.17. The molecular formula is C16H20ClN3. The van der Waals surface area contributed by atoms with Crippen molar-refractivity contribution < 1.29 is 0 Å². The highest BCUT2D eigenvalue weighted by atomic mass is 35.5. The van der Waals surface area contributed by atoms with Crippen molar-refractivity contribution in [3.05, 3.63) is 58.9 Å². The van der Waals surface area contributed by atoms with Crippen molar-refractivity contribution in [3.8, 4) is 0 Å². The Bertz CT molecular complexity index is 555. The summed E-state index contributed by atoms with van der Waals surface area (Å²) >= 11 is 6.10. The van der Waals surface area contributed by atoms with E-state index in [0.29, 0.717) is 0 Å². The molecule has 20 heavy (non-hydrogen) atoms. The van der Waals surface area contributed by atoms with Gasteiger partial charge in [-0.05, 0) is 54.8 Å². The van der Waals surface area contributed by atoms with Gasteiger partial charge in [-0.25, -0.2) is 0 Å². The number of pyridine rings is 1. The fourth-order valence-electron chi connectivity index (χ4n) is 2.28. The van der Waals surface area contributed by atoms with Crippen molar-refractivity contribution in [2.24, 2.45) is 5.73 Å². The summed E-state index contributed by atoms with van der Waals surface area (Å²) in [5, 5.41) is 0.752. The van der Waals surface area contributed by atoms with Gasteiger partial charge in [-0.15, -0.1) is 0 Å². The van der Waals surface area contributed by atoms with Crippen molar-refractivity contribution in [1.29, 1.82) is 0 Å². The molecule has 0 radical (unpaired) electrons. The predicted molar refractivity (Wildman–Crippen MR) is 85.1 cm³/mol. The Balaban J connectivity index is 2.22. The van der Waals surface area contributed by atoms with Gasteiger partial charge < -0.3 is 10.6 Å². The first-order valence-electron chi connectivity index (χ1n) is 6.70. The third kappa shape index (κ3) is 3.95. The van der Waals surface area contributed by atoms with Crippen LogP contribution in [0.2, 0.25) is 5.02 Å². The number of hydrogen-bond donors (Lipinski definition) is 1. The van der Waals surface area contributed by atoms with Crippen LogP contribution in [0.25, 0.3) is 0 Å². The molecule has 1 unspecified atom stereocenters. The molecule has 4 heteroatoms. The van der Waals surface area contributed by atoms with Crippen LogP contribution in [0.5, 0.6) is 0 Å². The zero-order chi connectivity index (χ0) is 14.5. The first-order valence-corrected chi connectivity index (χ1v) is 7.08.